The van der Waals surface area contributed by atoms with Crippen molar-refractivity contribution >= 4 is 0 Å². The standard InChI is InChI=1S/C10H20O3/c1-3-12-9-4-6-10(7-5-9)13-8-11-2/h9-10H,3-8H2,1-2H3. The minimum atomic E-state index is 0.386. The maximum absolute atomic E-state index is 5.55. The van der Waals surface area contributed by atoms with Crippen LogP contribution in [0, 0.1) is 0 Å². The molecule has 1 aliphatic carbocycles. The summed E-state index contributed by atoms with van der Waals surface area (Å²) in [4.78, 5) is 0. The lowest BCUT2D eigenvalue weighted by molar-refractivity contribution is -0.0965. The molecule has 0 spiro atoms. The highest BCUT2D eigenvalue weighted by Crippen LogP contribution is 2.23. The topological polar surface area (TPSA) is 27.7 Å². The number of rotatable bonds is 5. The molecule has 0 heterocycles. The van der Waals surface area contributed by atoms with E-state index in [0.717, 1.165) is 32.3 Å². The van der Waals surface area contributed by atoms with Gasteiger partial charge >= 0.3 is 0 Å². The van der Waals surface area contributed by atoms with E-state index in [2.05, 4.69) is 0 Å². The molecule has 0 unspecified atom stereocenters. The number of ether oxygens (including phenoxy) is 3. The molecule has 0 amide bonds. The molecule has 0 N–H and O–H groups in total. The minimum Gasteiger partial charge on any atom is -0.379 e. The van der Waals surface area contributed by atoms with E-state index < -0.39 is 0 Å². The Morgan fingerprint density at radius 2 is 1.54 bits per heavy atom. The van der Waals surface area contributed by atoms with E-state index in [1.165, 1.54) is 0 Å². The van der Waals surface area contributed by atoms with Crippen molar-refractivity contribution in [3.63, 3.8) is 0 Å². The summed E-state index contributed by atoms with van der Waals surface area (Å²) in [5, 5.41) is 0. The molecule has 3 heteroatoms. The number of hydrogen-bond acceptors (Lipinski definition) is 3. The SMILES string of the molecule is CCOC1CCC(OCOC)CC1. The van der Waals surface area contributed by atoms with Crippen LogP contribution in [0.25, 0.3) is 0 Å². The van der Waals surface area contributed by atoms with Crippen molar-refractivity contribution in [2.75, 3.05) is 20.5 Å². The third-order valence-electron chi connectivity index (χ3n) is 2.45. The summed E-state index contributed by atoms with van der Waals surface area (Å²) in [5.74, 6) is 0. The predicted molar refractivity (Wildman–Crippen MR) is 50.6 cm³/mol. The Bertz CT molecular complexity index is 119. The number of hydrogen-bond donors (Lipinski definition) is 0. The average Bonchev–Trinajstić information content (AvgIpc) is 2.17. The number of methoxy groups -OCH3 is 1. The van der Waals surface area contributed by atoms with Gasteiger partial charge in [0.1, 0.15) is 6.79 Å². The van der Waals surface area contributed by atoms with Crippen LogP contribution in [0.1, 0.15) is 32.6 Å². The zero-order valence-electron chi connectivity index (χ0n) is 8.62. The largest absolute Gasteiger partial charge is 0.379 e. The summed E-state index contributed by atoms with van der Waals surface area (Å²) in [6, 6.07) is 0. The maximum Gasteiger partial charge on any atom is 0.146 e. The summed E-state index contributed by atoms with van der Waals surface area (Å²) in [5.41, 5.74) is 0. The molecule has 78 valence electrons. The summed E-state index contributed by atoms with van der Waals surface area (Å²) in [6.45, 7) is 3.30. The fraction of sp³-hybridized carbons (Fsp3) is 1.00. The van der Waals surface area contributed by atoms with Gasteiger partial charge in [0.2, 0.25) is 0 Å². The van der Waals surface area contributed by atoms with Gasteiger partial charge in [-0.2, -0.15) is 0 Å². The monoisotopic (exact) mass is 188 g/mol. The molecule has 1 saturated carbocycles. The Hall–Kier alpha value is -0.120. The van der Waals surface area contributed by atoms with Crippen LogP contribution in [0.3, 0.4) is 0 Å². The molecule has 1 aliphatic rings. The Morgan fingerprint density at radius 1 is 1.00 bits per heavy atom. The zero-order chi connectivity index (χ0) is 9.52. The van der Waals surface area contributed by atoms with E-state index in [4.69, 9.17) is 14.2 Å². The highest BCUT2D eigenvalue weighted by atomic mass is 16.7. The second kappa shape index (κ2) is 6.35. The van der Waals surface area contributed by atoms with Gasteiger partial charge in [0.25, 0.3) is 0 Å². The van der Waals surface area contributed by atoms with Crippen LogP contribution in [0.15, 0.2) is 0 Å². The van der Waals surface area contributed by atoms with Crippen LogP contribution in [0.4, 0.5) is 0 Å². The van der Waals surface area contributed by atoms with E-state index >= 15 is 0 Å². The Labute approximate surface area is 80.4 Å². The van der Waals surface area contributed by atoms with E-state index in [0.29, 0.717) is 19.0 Å². The zero-order valence-corrected chi connectivity index (χ0v) is 8.62. The van der Waals surface area contributed by atoms with Gasteiger partial charge in [0.15, 0.2) is 0 Å². The fourth-order valence-electron chi connectivity index (χ4n) is 1.77. The van der Waals surface area contributed by atoms with Crippen molar-refractivity contribution in [1.29, 1.82) is 0 Å². The predicted octanol–water partition coefficient (Wildman–Crippen LogP) is 1.95. The highest BCUT2D eigenvalue weighted by Gasteiger charge is 2.21. The van der Waals surface area contributed by atoms with Crippen LogP contribution in [0.5, 0.6) is 0 Å². The Kier molecular flexibility index (Phi) is 5.35. The van der Waals surface area contributed by atoms with Crippen molar-refractivity contribution < 1.29 is 14.2 Å². The normalized spacial score (nSPS) is 29.1. The van der Waals surface area contributed by atoms with E-state index in [-0.39, 0.29) is 0 Å². The van der Waals surface area contributed by atoms with Crippen molar-refractivity contribution in [2.24, 2.45) is 0 Å². The summed E-state index contributed by atoms with van der Waals surface area (Å²) in [6.07, 6.45) is 5.32. The van der Waals surface area contributed by atoms with Gasteiger partial charge < -0.3 is 14.2 Å². The maximum atomic E-state index is 5.55. The van der Waals surface area contributed by atoms with Gasteiger partial charge in [-0.25, -0.2) is 0 Å². The molecule has 1 rings (SSSR count). The molecule has 0 aromatic rings. The van der Waals surface area contributed by atoms with Crippen LogP contribution >= 0.6 is 0 Å². The van der Waals surface area contributed by atoms with Gasteiger partial charge in [-0.3, -0.25) is 0 Å². The van der Waals surface area contributed by atoms with Crippen LogP contribution in [-0.4, -0.2) is 32.7 Å². The van der Waals surface area contributed by atoms with Crippen molar-refractivity contribution in [1.82, 2.24) is 0 Å². The third-order valence-corrected chi connectivity index (χ3v) is 2.45. The lowest BCUT2D eigenvalue weighted by Gasteiger charge is -2.27. The summed E-state index contributed by atoms with van der Waals surface area (Å²) >= 11 is 0. The fourth-order valence-corrected chi connectivity index (χ4v) is 1.77. The molecule has 0 atom stereocenters. The van der Waals surface area contributed by atoms with Crippen molar-refractivity contribution in [2.45, 2.75) is 44.8 Å². The molecule has 0 bridgehead atoms. The second-order valence-electron chi connectivity index (χ2n) is 3.43. The first kappa shape index (κ1) is 11.0. The van der Waals surface area contributed by atoms with E-state index in [1.54, 1.807) is 7.11 Å². The van der Waals surface area contributed by atoms with Gasteiger partial charge in [-0.05, 0) is 32.6 Å². The molecule has 0 aliphatic heterocycles. The molecular formula is C10H20O3. The lowest BCUT2D eigenvalue weighted by Crippen LogP contribution is -2.27. The molecule has 0 aromatic carbocycles. The molecule has 0 saturated heterocycles. The van der Waals surface area contributed by atoms with Gasteiger partial charge in [0.05, 0.1) is 12.2 Å². The average molecular weight is 188 g/mol. The van der Waals surface area contributed by atoms with Gasteiger partial charge in [0, 0.05) is 13.7 Å². The second-order valence-corrected chi connectivity index (χ2v) is 3.43. The summed E-state index contributed by atoms with van der Waals surface area (Å²) in [7, 11) is 1.66. The van der Waals surface area contributed by atoms with E-state index in [9.17, 15) is 0 Å². The first-order chi connectivity index (χ1) is 6.36. The van der Waals surface area contributed by atoms with Crippen molar-refractivity contribution in [3.05, 3.63) is 0 Å². The quantitative estimate of drug-likeness (QED) is 0.617. The smallest absolute Gasteiger partial charge is 0.146 e. The lowest BCUT2D eigenvalue weighted by atomic mass is 9.95. The molecular weight excluding hydrogens is 168 g/mol. The van der Waals surface area contributed by atoms with Crippen LogP contribution in [0.2, 0.25) is 0 Å². The minimum absolute atomic E-state index is 0.386. The van der Waals surface area contributed by atoms with Gasteiger partial charge in [-0.15, -0.1) is 0 Å². The Balaban J connectivity index is 2.08. The van der Waals surface area contributed by atoms with Crippen LogP contribution < -0.4 is 0 Å². The Morgan fingerprint density at radius 3 is 2.00 bits per heavy atom. The third kappa shape index (κ3) is 4.07. The first-order valence-corrected chi connectivity index (χ1v) is 5.09. The van der Waals surface area contributed by atoms with Gasteiger partial charge in [-0.1, -0.05) is 0 Å². The van der Waals surface area contributed by atoms with E-state index in [1.807, 2.05) is 6.92 Å². The highest BCUT2D eigenvalue weighted by molar-refractivity contribution is 4.72. The van der Waals surface area contributed by atoms with Crippen LogP contribution in [-0.2, 0) is 14.2 Å². The van der Waals surface area contributed by atoms with Crippen molar-refractivity contribution in [3.8, 4) is 0 Å². The molecule has 1 fully saturated rings. The summed E-state index contributed by atoms with van der Waals surface area (Å²) < 4.78 is 15.9. The molecule has 13 heavy (non-hydrogen) atoms. The molecule has 0 aromatic heterocycles. The molecule has 3 nitrogen and oxygen atoms in total. The molecule has 0 radical (unpaired) electrons. The first-order valence-electron chi connectivity index (χ1n) is 5.09.